The van der Waals surface area contributed by atoms with E-state index in [4.69, 9.17) is 4.74 Å². The number of hydrogen-bond donors (Lipinski definition) is 2. The van der Waals surface area contributed by atoms with Crippen LogP contribution in [0.5, 0.6) is 5.75 Å². The second-order valence-corrected chi connectivity index (χ2v) is 8.84. The molecule has 0 spiro atoms. The quantitative estimate of drug-likeness (QED) is 0.347. The molecule has 0 aliphatic rings. The lowest BCUT2D eigenvalue weighted by Gasteiger charge is -2.17. The smallest absolute Gasteiger partial charge is 0.262 e. The lowest BCUT2D eigenvalue weighted by atomic mass is 9.99. The standard InChI is InChI=1S/C27H29BrN2O3/c1-4-18(2)21-14-15-25(23(28)16-21)33-17-26(31)30-24-13-9-8-12-22(24)27(32)29-19(3)20-10-6-5-7-11-20/h5-16,18-19H,4,17H2,1-3H3,(H,29,32)(H,30,31). The van der Waals surface area contributed by atoms with Gasteiger partial charge in [-0.25, -0.2) is 0 Å². The second-order valence-electron chi connectivity index (χ2n) is 7.99. The van der Waals surface area contributed by atoms with E-state index in [-0.39, 0.29) is 24.5 Å². The van der Waals surface area contributed by atoms with Crippen molar-refractivity contribution in [3.63, 3.8) is 0 Å². The summed E-state index contributed by atoms with van der Waals surface area (Å²) in [5.74, 6) is 0.446. The topological polar surface area (TPSA) is 67.4 Å². The van der Waals surface area contributed by atoms with Gasteiger partial charge in [-0.2, -0.15) is 0 Å². The number of amides is 2. The second kappa shape index (κ2) is 11.7. The average Bonchev–Trinajstić information content (AvgIpc) is 2.83. The van der Waals surface area contributed by atoms with Crippen molar-refractivity contribution >= 4 is 33.4 Å². The van der Waals surface area contributed by atoms with Gasteiger partial charge in [0.15, 0.2) is 6.61 Å². The number of anilines is 1. The number of para-hydroxylation sites is 1. The lowest BCUT2D eigenvalue weighted by Crippen LogP contribution is -2.28. The Hall–Kier alpha value is -3.12. The molecule has 0 aliphatic heterocycles. The highest BCUT2D eigenvalue weighted by molar-refractivity contribution is 9.10. The van der Waals surface area contributed by atoms with Crippen molar-refractivity contribution in [1.82, 2.24) is 5.32 Å². The van der Waals surface area contributed by atoms with Crippen molar-refractivity contribution in [3.8, 4) is 5.75 Å². The molecule has 0 radical (unpaired) electrons. The Morgan fingerprint density at radius 3 is 2.33 bits per heavy atom. The molecule has 33 heavy (non-hydrogen) atoms. The number of benzene rings is 3. The fourth-order valence-corrected chi connectivity index (χ4v) is 3.91. The monoisotopic (exact) mass is 508 g/mol. The molecule has 2 N–H and O–H groups in total. The minimum absolute atomic E-state index is 0.165. The molecule has 0 saturated carbocycles. The van der Waals surface area contributed by atoms with Crippen molar-refractivity contribution in [2.45, 2.75) is 39.2 Å². The highest BCUT2D eigenvalue weighted by Gasteiger charge is 2.16. The van der Waals surface area contributed by atoms with E-state index in [1.807, 2.05) is 55.5 Å². The molecule has 3 aromatic rings. The maximum atomic E-state index is 12.9. The summed E-state index contributed by atoms with van der Waals surface area (Å²) in [6, 6.07) is 22.4. The molecule has 0 fully saturated rings. The molecule has 0 aliphatic carbocycles. The summed E-state index contributed by atoms with van der Waals surface area (Å²) in [5, 5.41) is 5.78. The van der Waals surface area contributed by atoms with E-state index in [1.165, 1.54) is 5.56 Å². The highest BCUT2D eigenvalue weighted by atomic mass is 79.9. The van der Waals surface area contributed by atoms with Gasteiger partial charge in [0.25, 0.3) is 11.8 Å². The van der Waals surface area contributed by atoms with Crippen molar-refractivity contribution in [3.05, 3.63) is 94.0 Å². The summed E-state index contributed by atoms with van der Waals surface area (Å²) in [5.41, 5.74) is 3.05. The van der Waals surface area contributed by atoms with Crippen LogP contribution in [0.4, 0.5) is 5.69 Å². The fourth-order valence-electron chi connectivity index (χ4n) is 3.40. The maximum Gasteiger partial charge on any atom is 0.262 e. The van der Waals surface area contributed by atoms with Crippen LogP contribution in [0.3, 0.4) is 0 Å². The Morgan fingerprint density at radius 2 is 1.64 bits per heavy atom. The van der Waals surface area contributed by atoms with Gasteiger partial charge in [-0.05, 0) is 70.6 Å². The predicted molar refractivity (Wildman–Crippen MR) is 136 cm³/mol. The van der Waals surface area contributed by atoms with Crippen LogP contribution in [0, 0.1) is 0 Å². The fraction of sp³-hybridized carbons (Fsp3) is 0.259. The van der Waals surface area contributed by atoms with Crippen LogP contribution in [0.25, 0.3) is 0 Å². The van der Waals surface area contributed by atoms with Gasteiger partial charge < -0.3 is 15.4 Å². The van der Waals surface area contributed by atoms with E-state index in [2.05, 4.69) is 40.4 Å². The molecule has 3 rings (SSSR count). The third-order valence-corrected chi connectivity index (χ3v) is 6.21. The van der Waals surface area contributed by atoms with Crippen LogP contribution in [-0.2, 0) is 4.79 Å². The molecule has 6 heteroatoms. The van der Waals surface area contributed by atoms with E-state index in [1.54, 1.807) is 24.3 Å². The Bertz CT molecular complexity index is 1100. The molecule has 2 unspecified atom stereocenters. The van der Waals surface area contributed by atoms with E-state index >= 15 is 0 Å². The first-order valence-electron chi connectivity index (χ1n) is 11.1. The molecule has 0 saturated heterocycles. The Kier molecular flexibility index (Phi) is 8.66. The molecule has 3 aromatic carbocycles. The number of rotatable bonds is 9. The zero-order chi connectivity index (χ0) is 23.8. The molecular formula is C27H29BrN2O3. The summed E-state index contributed by atoms with van der Waals surface area (Å²) in [6.07, 6.45) is 1.05. The maximum absolute atomic E-state index is 12.9. The van der Waals surface area contributed by atoms with Crippen molar-refractivity contribution in [2.24, 2.45) is 0 Å². The number of ether oxygens (including phenoxy) is 1. The predicted octanol–water partition coefficient (Wildman–Crippen LogP) is 6.47. The molecule has 2 atom stereocenters. The van der Waals surface area contributed by atoms with E-state index in [9.17, 15) is 9.59 Å². The van der Waals surface area contributed by atoms with E-state index in [0.717, 1.165) is 16.5 Å². The minimum Gasteiger partial charge on any atom is -0.483 e. The van der Waals surface area contributed by atoms with Gasteiger partial charge in [0.05, 0.1) is 21.8 Å². The number of hydrogen-bond acceptors (Lipinski definition) is 3. The minimum atomic E-state index is -0.343. The van der Waals surface area contributed by atoms with Crippen LogP contribution in [-0.4, -0.2) is 18.4 Å². The highest BCUT2D eigenvalue weighted by Crippen LogP contribution is 2.30. The number of nitrogens with one attached hydrogen (secondary N) is 2. The van der Waals surface area contributed by atoms with Gasteiger partial charge in [-0.3, -0.25) is 9.59 Å². The number of halogens is 1. The van der Waals surface area contributed by atoms with Gasteiger partial charge in [0.2, 0.25) is 0 Å². The third kappa shape index (κ3) is 6.68. The first-order valence-corrected chi connectivity index (χ1v) is 11.8. The molecular weight excluding hydrogens is 480 g/mol. The van der Waals surface area contributed by atoms with Crippen molar-refractivity contribution in [2.75, 3.05) is 11.9 Å². The molecule has 2 amide bonds. The van der Waals surface area contributed by atoms with Crippen LogP contribution in [0.1, 0.15) is 60.6 Å². The first-order chi connectivity index (χ1) is 15.9. The zero-order valence-corrected chi connectivity index (χ0v) is 20.7. The normalized spacial score (nSPS) is 12.5. The van der Waals surface area contributed by atoms with Gasteiger partial charge >= 0.3 is 0 Å². The van der Waals surface area contributed by atoms with Gasteiger partial charge in [-0.15, -0.1) is 0 Å². The molecule has 172 valence electrons. The Balaban J connectivity index is 1.62. The van der Waals surface area contributed by atoms with E-state index < -0.39 is 0 Å². The van der Waals surface area contributed by atoms with Crippen LogP contribution in [0.2, 0.25) is 0 Å². The largest absolute Gasteiger partial charge is 0.483 e. The molecule has 5 nitrogen and oxygen atoms in total. The first kappa shape index (κ1) is 24.5. The van der Waals surface area contributed by atoms with E-state index in [0.29, 0.717) is 22.9 Å². The number of carbonyl (C=O) groups excluding carboxylic acids is 2. The van der Waals surface area contributed by atoms with Gasteiger partial charge in [0.1, 0.15) is 5.75 Å². The SMILES string of the molecule is CCC(C)c1ccc(OCC(=O)Nc2ccccc2C(=O)NC(C)c2ccccc2)c(Br)c1. The van der Waals surface area contributed by atoms with Crippen molar-refractivity contribution in [1.29, 1.82) is 0 Å². The van der Waals surface area contributed by atoms with Crippen molar-refractivity contribution < 1.29 is 14.3 Å². The molecule has 0 heterocycles. The summed E-state index contributed by atoms with van der Waals surface area (Å²) in [7, 11) is 0. The zero-order valence-electron chi connectivity index (χ0n) is 19.1. The van der Waals surface area contributed by atoms with Crippen LogP contribution in [0.15, 0.2) is 77.3 Å². The average molecular weight is 509 g/mol. The number of carbonyl (C=O) groups is 2. The Morgan fingerprint density at radius 1 is 0.939 bits per heavy atom. The van der Waals surface area contributed by atoms with Gasteiger partial charge in [-0.1, -0.05) is 62.4 Å². The lowest BCUT2D eigenvalue weighted by molar-refractivity contribution is -0.118. The molecule has 0 aromatic heterocycles. The Labute approximate surface area is 203 Å². The van der Waals surface area contributed by atoms with Crippen LogP contribution >= 0.6 is 15.9 Å². The summed E-state index contributed by atoms with van der Waals surface area (Å²) in [6.45, 7) is 6.07. The summed E-state index contributed by atoms with van der Waals surface area (Å²) < 4.78 is 6.51. The summed E-state index contributed by atoms with van der Waals surface area (Å²) in [4.78, 5) is 25.4. The summed E-state index contributed by atoms with van der Waals surface area (Å²) >= 11 is 3.52. The van der Waals surface area contributed by atoms with Crippen LogP contribution < -0.4 is 15.4 Å². The molecule has 0 bridgehead atoms. The third-order valence-electron chi connectivity index (χ3n) is 5.59. The van der Waals surface area contributed by atoms with Gasteiger partial charge in [0, 0.05) is 0 Å².